The molecule has 0 saturated carbocycles. The van der Waals surface area contributed by atoms with Gasteiger partial charge in [-0.1, -0.05) is 6.92 Å². The van der Waals surface area contributed by atoms with Gasteiger partial charge in [0, 0.05) is 13.0 Å². The fraction of sp³-hybridized carbons (Fsp3) is 0.833. The number of carbonyl (C=O) groups excluding carboxylic acids is 1. The molecule has 0 bridgehead atoms. The van der Waals surface area contributed by atoms with Crippen LogP contribution in [0.5, 0.6) is 0 Å². The summed E-state index contributed by atoms with van der Waals surface area (Å²) in [5, 5.41) is 12.3. The molecule has 2 aliphatic heterocycles. The van der Waals surface area contributed by atoms with Crippen LogP contribution in [0.1, 0.15) is 26.2 Å². The molecule has 2 unspecified atom stereocenters. The van der Waals surface area contributed by atoms with Crippen molar-refractivity contribution in [3.63, 3.8) is 0 Å². The van der Waals surface area contributed by atoms with Gasteiger partial charge >= 0.3 is 5.97 Å². The summed E-state index contributed by atoms with van der Waals surface area (Å²) < 4.78 is 0. The van der Waals surface area contributed by atoms with E-state index in [0.717, 1.165) is 19.5 Å². The molecule has 2 heterocycles. The molecule has 2 fully saturated rings. The molecule has 5 nitrogen and oxygen atoms in total. The first kappa shape index (κ1) is 12.4. The average Bonchev–Trinajstić information content (AvgIpc) is 2.23. The van der Waals surface area contributed by atoms with E-state index in [1.165, 1.54) is 0 Å². The third-order valence-corrected chi connectivity index (χ3v) is 3.80. The van der Waals surface area contributed by atoms with Crippen LogP contribution in [0, 0.1) is 11.8 Å². The van der Waals surface area contributed by atoms with Crippen molar-refractivity contribution in [3.8, 4) is 0 Å². The first-order valence-corrected chi connectivity index (χ1v) is 6.31. The molecular formula is C12H20N2O3. The van der Waals surface area contributed by atoms with E-state index in [-0.39, 0.29) is 5.91 Å². The molecule has 2 rings (SSSR count). The molecule has 0 radical (unpaired) electrons. The Hall–Kier alpha value is -1.10. The van der Waals surface area contributed by atoms with Crippen LogP contribution >= 0.6 is 0 Å². The second-order valence-electron chi connectivity index (χ2n) is 5.30. The van der Waals surface area contributed by atoms with Crippen molar-refractivity contribution < 1.29 is 14.7 Å². The van der Waals surface area contributed by atoms with Gasteiger partial charge in [0.2, 0.25) is 5.91 Å². The highest BCUT2D eigenvalue weighted by Crippen LogP contribution is 2.24. The predicted octanol–water partition coefficient (Wildman–Crippen LogP) is 0.308. The lowest BCUT2D eigenvalue weighted by molar-refractivity contribution is -0.153. The number of rotatable bonds is 3. The Morgan fingerprint density at radius 2 is 2.12 bits per heavy atom. The minimum Gasteiger partial charge on any atom is -0.480 e. The molecule has 0 spiro atoms. The lowest BCUT2D eigenvalue weighted by atomic mass is 9.91. The summed E-state index contributed by atoms with van der Waals surface area (Å²) in [7, 11) is 0. The van der Waals surface area contributed by atoms with E-state index < -0.39 is 12.0 Å². The maximum Gasteiger partial charge on any atom is 0.326 e. The molecule has 17 heavy (non-hydrogen) atoms. The van der Waals surface area contributed by atoms with Crippen molar-refractivity contribution in [2.24, 2.45) is 11.8 Å². The molecular weight excluding hydrogens is 220 g/mol. The van der Waals surface area contributed by atoms with Crippen LogP contribution in [0.3, 0.4) is 0 Å². The molecule has 2 atom stereocenters. The zero-order chi connectivity index (χ0) is 12.4. The summed E-state index contributed by atoms with van der Waals surface area (Å²) in [4.78, 5) is 24.8. The normalized spacial score (nSPS) is 29.8. The molecule has 0 aromatic carbocycles. The van der Waals surface area contributed by atoms with E-state index in [1.807, 2.05) is 6.92 Å². The van der Waals surface area contributed by atoms with E-state index in [0.29, 0.717) is 31.2 Å². The summed E-state index contributed by atoms with van der Waals surface area (Å²) >= 11 is 0. The number of carboxylic acid groups (broad SMARTS) is 1. The Kier molecular flexibility index (Phi) is 3.66. The molecule has 0 aromatic rings. The van der Waals surface area contributed by atoms with Crippen molar-refractivity contribution in [3.05, 3.63) is 0 Å². The minimum atomic E-state index is -0.864. The highest BCUT2D eigenvalue weighted by atomic mass is 16.4. The lowest BCUT2D eigenvalue weighted by Crippen LogP contribution is -2.52. The van der Waals surface area contributed by atoms with E-state index in [4.69, 9.17) is 0 Å². The third kappa shape index (κ3) is 2.77. The third-order valence-electron chi connectivity index (χ3n) is 3.80. The molecule has 1 amide bonds. The minimum absolute atomic E-state index is 0.0100. The summed E-state index contributed by atoms with van der Waals surface area (Å²) in [6.45, 7) is 4.41. The topological polar surface area (TPSA) is 69.6 Å². The van der Waals surface area contributed by atoms with Crippen LogP contribution in [0.4, 0.5) is 0 Å². The molecule has 2 N–H and O–H groups in total. The number of carboxylic acids is 1. The molecule has 0 aromatic heterocycles. The van der Waals surface area contributed by atoms with E-state index in [9.17, 15) is 14.7 Å². The van der Waals surface area contributed by atoms with Gasteiger partial charge in [-0.2, -0.15) is 0 Å². The van der Waals surface area contributed by atoms with Gasteiger partial charge in [0.25, 0.3) is 0 Å². The molecule has 2 aliphatic rings. The van der Waals surface area contributed by atoms with Gasteiger partial charge < -0.3 is 15.3 Å². The monoisotopic (exact) mass is 240 g/mol. The summed E-state index contributed by atoms with van der Waals surface area (Å²) in [6.07, 6.45) is 1.99. The second kappa shape index (κ2) is 5.04. The molecule has 96 valence electrons. The smallest absolute Gasteiger partial charge is 0.326 e. The molecule has 5 heteroatoms. The largest absolute Gasteiger partial charge is 0.480 e. The number of piperidine rings is 1. The number of carbonyl (C=O) groups is 2. The van der Waals surface area contributed by atoms with Crippen LogP contribution in [-0.2, 0) is 9.59 Å². The summed E-state index contributed by atoms with van der Waals surface area (Å²) in [5.41, 5.74) is 0. The summed E-state index contributed by atoms with van der Waals surface area (Å²) in [5.74, 6) is -0.0609. The Morgan fingerprint density at radius 1 is 1.41 bits per heavy atom. The zero-order valence-electron chi connectivity index (χ0n) is 10.2. The van der Waals surface area contributed by atoms with Crippen molar-refractivity contribution in [1.82, 2.24) is 10.2 Å². The fourth-order valence-electron chi connectivity index (χ4n) is 2.53. The SMILES string of the molecule is CC1CCN(C(=O)CC2CNC2)C(C(=O)O)C1. The number of aliphatic carboxylic acids is 1. The average molecular weight is 240 g/mol. The van der Waals surface area contributed by atoms with E-state index in [2.05, 4.69) is 5.32 Å². The van der Waals surface area contributed by atoms with Gasteiger partial charge in [0.15, 0.2) is 0 Å². The Bertz CT molecular complexity index is 315. The van der Waals surface area contributed by atoms with E-state index >= 15 is 0 Å². The maximum atomic E-state index is 12.1. The highest BCUT2D eigenvalue weighted by Gasteiger charge is 2.35. The zero-order valence-corrected chi connectivity index (χ0v) is 10.2. The van der Waals surface area contributed by atoms with Gasteiger partial charge in [0.1, 0.15) is 6.04 Å². The number of amides is 1. The first-order chi connectivity index (χ1) is 8.08. The first-order valence-electron chi connectivity index (χ1n) is 6.31. The van der Waals surface area contributed by atoms with Crippen LogP contribution in [0.25, 0.3) is 0 Å². The summed E-state index contributed by atoms with van der Waals surface area (Å²) in [6, 6.07) is -0.612. The van der Waals surface area contributed by atoms with Crippen LogP contribution in [0.15, 0.2) is 0 Å². The number of nitrogens with one attached hydrogen (secondary N) is 1. The van der Waals surface area contributed by atoms with Crippen molar-refractivity contribution in [2.75, 3.05) is 19.6 Å². The van der Waals surface area contributed by atoms with Crippen LogP contribution in [0.2, 0.25) is 0 Å². The van der Waals surface area contributed by atoms with Crippen molar-refractivity contribution in [1.29, 1.82) is 0 Å². The predicted molar refractivity (Wildman–Crippen MR) is 62.5 cm³/mol. The Labute approximate surface area is 101 Å². The standard InChI is InChI=1S/C12H20N2O3/c1-8-2-3-14(10(4-8)12(16)17)11(15)5-9-6-13-7-9/h8-10,13H,2-7H2,1H3,(H,16,17). The van der Waals surface area contributed by atoms with Crippen molar-refractivity contribution >= 4 is 11.9 Å². The van der Waals surface area contributed by atoms with Gasteiger partial charge in [0.05, 0.1) is 0 Å². The quantitative estimate of drug-likeness (QED) is 0.745. The Balaban J connectivity index is 1.96. The van der Waals surface area contributed by atoms with Gasteiger partial charge in [-0.3, -0.25) is 4.79 Å². The second-order valence-corrected chi connectivity index (χ2v) is 5.30. The Morgan fingerprint density at radius 3 is 2.65 bits per heavy atom. The van der Waals surface area contributed by atoms with Gasteiger partial charge in [-0.05, 0) is 37.8 Å². The molecule has 2 saturated heterocycles. The number of nitrogens with zero attached hydrogens (tertiary/aromatic N) is 1. The van der Waals surface area contributed by atoms with Gasteiger partial charge in [-0.15, -0.1) is 0 Å². The van der Waals surface area contributed by atoms with Crippen molar-refractivity contribution in [2.45, 2.75) is 32.2 Å². The van der Waals surface area contributed by atoms with E-state index in [1.54, 1.807) is 4.90 Å². The van der Waals surface area contributed by atoms with Crippen LogP contribution in [-0.4, -0.2) is 47.6 Å². The number of hydrogen-bond acceptors (Lipinski definition) is 3. The number of likely N-dealkylation sites (tertiary alicyclic amines) is 1. The fourth-order valence-corrected chi connectivity index (χ4v) is 2.53. The number of hydrogen-bond donors (Lipinski definition) is 2. The highest BCUT2D eigenvalue weighted by molar-refractivity contribution is 5.84. The van der Waals surface area contributed by atoms with Gasteiger partial charge in [-0.25, -0.2) is 4.79 Å². The lowest BCUT2D eigenvalue weighted by Gasteiger charge is -2.37. The van der Waals surface area contributed by atoms with Crippen LogP contribution < -0.4 is 5.32 Å². The molecule has 0 aliphatic carbocycles. The maximum absolute atomic E-state index is 12.1.